The monoisotopic (exact) mass is 283 g/mol. The molecule has 0 bridgehead atoms. The number of rotatable bonds is 2. The van der Waals surface area contributed by atoms with E-state index in [9.17, 15) is 8.78 Å². The Morgan fingerprint density at radius 3 is 2.19 bits per heavy atom. The highest BCUT2D eigenvalue weighted by molar-refractivity contribution is 9.10. The standard InChI is InChI=1S/C12H8BrF2N/c13-11-7-6-10(8-16-11)12(14,15)9-4-2-1-3-5-9/h1-8H. The highest BCUT2D eigenvalue weighted by Gasteiger charge is 2.33. The first-order chi connectivity index (χ1) is 7.60. The van der Waals surface area contributed by atoms with E-state index >= 15 is 0 Å². The van der Waals surface area contributed by atoms with Crippen molar-refractivity contribution in [3.8, 4) is 0 Å². The molecule has 82 valence electrons. The number of aromatic nitrogens is 1. The maximum atomic E-state index is 14.0. The fourth-order valence-corrected chi connectivity index (χ4v) is 1.61. The number of benzene rings is 1. The third-order valence-electron chi connectivity index (χ3n) is 2.23. The molecule has 0 amide bonds. The second-order valence-electron chi connectivity index (χ2n) is 3.31. The zero-order valence-corrected chi connectivity index (χ0v) is 9.79. The van der Waals surface area contributed by atoms with Gasteiger partial charge in [-0.25, -0.2) is 4.98 Å². The third-order valence-corrected chi connectivity index (χ3v) is 2.70. The Hall–Kier alpha value is -1.29. The normalized spacial score (nSPS) is 11.4. The SMILES string of the molecule is FC(F)(c1ccccc1)c1ccc(Br)nc1. The molecule has 0 saturated heterocycles. The summed E-state index contributed by atoms with van der Waals surface area (Å²) < 4.78 is 28.5. The summed E-state index contributed by atoms with van der Waals surface area (Å²) in [5.74, 6) is -3.00. The molecule has 1 nitrogen and oxygen atoms in total. The fraction of sp³-hybridized carbons (Fsp3) is 0.0833. The lowest BCUT2D eigenvalue weighted by Gasteiger charge is -2.16. The fourth-order valence-electron chi connectivity index (χ4n) is 1.38. The van der Waals surface area contributed by atoms with Gasteiger partial charge in [0.25, 0.3) is 5.92 Å². The minimum atomic E-state index is -3.00. The van der Waals surface area contributed by atoms with Crippen molar-refractivity contribution >= 4 is 15.9 Å². The van der Waals surface area contributed by atoms with Gasteiger partial charge in [-0.3, -0.25) is 0 Å². The molecule has 16 heavy (non-hydrogen) atoms. The van der Waals surface area contributed by atoms with Gasteiger partial charge < -0.3 is 0 Å². The van der Waals surface area contributed by atoms with E-state index < -0.39 is 5.92 Å². The molecule has 0 aliphatic heterocycles. The maximum absolute atomic E-state index is 14.0. The van der Waals surface area contributed by atoms with Gasteiger partial charge in [0.15, 0.2) is 0 Å². The minimum Gasteiger partial charge on any atom is -0.249 e. The molecular formula is C12H8BrF2N. The summed E-state index contributed by atoms with van der Waals surface area (Å²) in [5.41, 5.74) is -0.138. The Labute approximate surface area is 100 Å². The molecule has 0 atom stereocenters. The van der Waals surface area contributed by atoms with E-state index in [1.165, 1.54) is 30.5 Å². The van der Waals surface area contributed by atoms with E-state index in [4.69, 9.17) is 0 Å². The number of hydrogen-bond acceptors (Lipinski definition) is 1. The molecule has 0 N–H and O–H groups in total. The summed E-state index contributed by atoms with van der Waals surface area (Å²) in [6, 6.07) is 10.6. The van der Waals surface area contributed by atoms with Crippen LogP contribution >= 0.6 is 15.9 Å². The Morgan fingerprint density at radius 2 is 1.62 bits per heavy atom. The largest absolute Gasteiger partial charge is 0.299 e. The lowest BCUT2D eigenvalue weighted by Crippen LogP contribution is -2.15. The van der Waals surface area contributed by atoms with Crippen LogP contribution in [0.4, 0.5) is 8.78 Å². The van der Waals surface area contributed by atoms with Gasteiger partial charge in [-0.2, -0.15) is 8.78 Å². The van der Waals surface area contributed by atoms with Gasteiger partial charge in [0.05, 0.1) is 0 Å². The predicted octanol–water partition coefficient (Wildman–Crippen LogP) is 3.98. The summed E-state index contributed by atoms with van der Waals surface area (Å²) in [6.45, 7) is 0. The number of alkyl halides is 2. The van der Waals surface area contributed by atoms with Crippen molar-refractivity contribution in [1.29, 1.82) is 0 Å². The first kappa shape index (κ1) is 11.2. The molecule has 0 radical (unpaired) electrons. The van der Waals surface area contributed by atoms with E-state index in [1.807, 2.05) is 0 Å². The van der Waals surface area contributed by atoms with Crippen LogP contribution in [0.15, 0.2) is 53.3 Å². The number of pyridine rings is 1. The molecule has 1 aromatic carbocycles. The Bertz CT molecular complexity index is 468. The molecule has 2 rings (SSSR count). The summed E-state index contributed by atoms with van der Waals surface area (Å²) in [6.07, 6.45) is 1.18. The summed E-state index contributed by atoms with van der Waals surface area (Å²) in [5, 5.41) is 0. The van der Waals surface area contributed by atoms with Crippen LogP contribution < -0.4 is 0 Å². The molecule has 0 spiro atoms. The van der Waals surface area contributed by atoms with E-state index in [1.54, 1.807) is 18.2 Å². The van der Waals surface area contributed by atoms with Crippen LogP contribution in [-0.4, -0.2) is 4.98 Å². The van der Waals surface area contributed by atoms with Crippen molar-refractivity contribution in [3.63, 3.8) is 0 Å². The smallest absolute Gasteiger partial charge is 0.249 e. The van der Waals surface area contributed by atoms with Crippen LogP contribution in [0.1, 0.15) is 11.1 Å². The van der Waals surface area contributed by atoms with Crippen LogP contribution in [0.5, 0.6) is 0 Å². The van der Waals surface area contributed by atoms with E-state index in [-0.39, 0.29) is 11.1 Å². The number of nitrogens with zero attached hydrogens (tertiary/aromatic N) is 1. The zero-order chi connectivity index (χ0) is 11.6. The van der Waals surface area contributed by atoms with Crippen molar-refractivity contribution in [2.24, 2.45) is 0 Å². The molecule has 1 heterocycles. The Morgan fingerprint density at radius 1 is 0.938 bits per heavy atom. The van der Waals surface area contributed by atoms with Crippen molar-refractivity contribution < 1.29 is 8.78 Å². The first-order valence-corrected chi connectivity index (χ1v) is 5.45. The first-order valence-electron chi connectivity index (χ1n) is 4.66. The topological polar surface area (TPSA) is 12.9 Å². The van der Waals surface area contributed by atoms with Gasteiger partial charge in [0.2, 0.25) is 0 Å². The van der Waals surface area contributed by atoms with Crippen LogP contribution in [0.3, 0.4) is 0 Å². The average Bonchev–Trinajstić information content (AvgIpc) is 2.31. The van der Waals surface area contributed by atoms with Gasteiger partial charge >= 0.3 is 0 Å². The van der Waals surface area contributed by atoms with Crippen LogP contribution in [0.25, 0.3) is 0 Å². The molecule has 0 aliphatic carbocycles. The quantitative estimate of drug-likeness (QED) is 0.760. The van der Waals surface area contributed by atoms with Gasteiger partial charge in [0, 0.05) is 17.3 Å². The lowest BCUT2D eigenvalue weighted by molar-refractivity contribution is 0.0424. The maximum Gasteiger partial charge on any atom is 0.299 e. The molecule has 0 fully saturated rings. The molecule has 0 saturated carbocycles. The molecule has 0 unspecified atom stereocenters. The van der Waals surface area contributed by atoms with Gasteiger partial charge in [-0.1, -0.05) is 30.3 Å². The van der Waals surface area contributed by atoms with E-state index in [0.717, 1.165) is 0 Å². The van der Waals surface area contributed by atoms with Gasteiger partial charge in [-0.05, 0) is 28.1 Å². The second kappa shape index (κ2) is 4.29. The van der Waals surface area contributed by atoms with Gasteiger partial charge in [-0.15, -0.1) is 0 Å². The summed E-state index contributed by atoms with van der Waals surface area (Å²) in [4.78, 5) is 3.81. The number of hydrogen-bond donors (Lipinski definition) is 0. The van der Waals surface area contributed by atoms with Crippen LogP contribution in [-0.2, 0) is 5.92 Å². The highest BCUT2D eigenvalue weighted by atomic mass is 79.9. The molecule has 4 heteroatoms. The molecular weight excluding hydrogens is 276 g/mol. The lowest BCUT2D eigenvalue weighted by atomic mass is 10.0. The van der Waals surface area contributed by atoms with Crippen LogP contribution in [0.2, 0.25) is 0 Å². The van der Waals surface area contributed by atoms with Crippen LogP contribution in [0, 0.1) is 0 Å². The molecule has 0 aliphatic rings. The second-order valence-corrected chi connectivity index (χ2v) is 4.12. The third kappa shape index (κ3) is 2.11. The van der Waals surface area contributed by atoms with Crippen molar-refractivity contribution in [2.75, 3.05) is 0 Å². The Balaban J connectivity index is 2.43. The summed E-state index contributed by atoms with van der Waals surface area (Å²) in [7, 11) is 0. The average molecular weight is 284 g/mol. The van der Waals surface area contributed by atoms with Crippen molar-refractivity contribution in [2.45, 2.75) is 5.92 Å². The number of halogens is 3. The minimum absolute atomic E-state index is 0.0286. The Kier molecular flexibility index (Phi) is 3.01. The van der Waals surface area contributed by atoms with E-state index in [2.05, 4.69) is 20.9 Å². The van der Waals surface area contributed by atoms with Gasteiger partial charge in [0.1, 0.15) is 4.60 Å². The predicted molar refractivity (Wildman–Crippen MR) is 61.4 cm³/mol. The van der Waals surface area contributed by atoms with Crippen molar-refractivity contribution in [3.05, 3.63) is 64.4 Å². The molecule has 2 aromatic rings. The van der Waals surface area contributed by atoms with E-state index in [0.29, 0.717) is 4.60 Å². The van der Waals surface area contributed by atoms with Crippen molar-refractivity contribution in [1.82, 2.24) is 4.98 Å². The highest BCUT2D eigenvalue weighted by Crippen LogP contribution is 2.35. The molecule has 1 aromatic heterocycles. The summed E-state index contributed by atoms with van der Waals surface area (Å²) >= 11 is 3.11. The zero-order valence-electron chi connectivity index (χ0n) is 8.20.